The van der Waals surface area contributed by atoms with Gasteiger partial charge in [-0.05, 0) is 45.7 Å². The maximum absolute atomic E-state index is 12.5. The zero-order chi connectivity index (χ0) is 19.9. The molecule has 3 atom stereocenters. The lowest BCUT2D eigenvalue weighted by atomic mass is 10.0. The van der Waals surface area contributed by atoms with Crippen molar-refractivity contribution in [1.82, 2.24) is 10.6 Å². The van der Waals surface area contributed by atoms with Crippen LogP contribution in [-0.2, 0) is 20.3 Å². The molecule has 0 radical (unpaired) electrons. The van der Waals surface area contributed by atoms with E-state index in [1.165, 1.54) is 0 Å². The second-order valence-electron chi connectivity index (χ2n) is 7.05. The van der Waals surface area contributed by atoms with Gasteiger partial charge in [0.2, 0.25) is 5.91 Å². The first kappa shape index (κ1) is 22.2. The Bertz CT molecular complexity index is 629. The van der Waals surface area contributed by atoms with E-state index in [1.54, 1.807) is 20.8 Å². The molecule has 1 aromatic rings. The Morgan fingerprint density at radius 3 is 2.12 bits per heavy atom. The molecule has 0 aromatic heterocycles. The van der Waals surface area contributed by atoms with Crippen molar-refractivity contribution >= 4 is 22.8 Å². The number of hydrogen-bond acceptors (Lipinski definition) is 4. The summed E-state index contributed by atoms with van der Waals surface area (Å²) in [6.45, 7) is 10.9. The van der Waals surface area contributed by atoms with E-state index in [4.69, 9.17) is 4.74 Å². The third-order valence-electron chi connectivity index (χ3n) is 3.64. The number of hydrogen-bond donors (Lipinski definition) is 2. The molecule has 1 aromatic carbocycles. The molecule has 0 heterocycles. The monoisotopic (exact) mass is 382 g/mol. The first-order valence-electron chi connectivity index (χ1n) is 8.82. The van der Waals surface area contributed by atoms with Crippen LogP contribution in [-0.4, -0.2) is 40.1 Å². The van der Waals surface area contributed by atoms with E-state index in [-0.39, 0.29) is 24.0 Å². The summed E-state index contributed by atoms with van der Waals surface area (Å²) in [6, 6.07) is 6.48. The standard InChI is InChI=1S/C19H30N2O4S/c1-12(2)17(21-19(23)25-13(3)4)18(22)20-15(6)11-26(24)16-9-7-14(5)8-10-16/h7-10,12-13,15,17H,11H2,1-6H3,(H,20,22)(H,21,23). The van der Waals surface area contributed by atoms with Crippen LogP contribution in [0.1, 0.15) is 40.2 Å². The molecule has 1 rings (SSSR count). The highest BCUT2D eigenvalue weighted by molar-refractivity contribution is 7.85. The molecule has 2 N–H and O–H groups in total. The van der Waals surface area contributed by atoms with Gasteiger partial charge in [0.05, 0.1) is 16.9 Å². The van der Waals surface area contributed by atoms with Gasteiger partial charge >= 0.3 is 6.09 Å². The molecule has 3 unspecified atom stereocenters. The summed E-state index contributed by atoms with van der Waals surface area (Å²) in [6.07, 6.45) is -0.883. The summed E-state index contributed by atoms with van der Waals surface area (Å²) in [5.74, 6) is -0.116. The summed E-state index contributed by atoms with van der Waals surface area (Å²) in [7, 11) is -1.21. The van der Waals surface area contributed by atoms with Gasteiger partial charge in [0.1, 0.15) is 6.04 Å². The van der Waals surface area contributed by atoms with Crippen LogP contribution in [0.25, 0.3) is 0 Å². The minimum atomic E-state index is -1.21. The van der Waals surface area contributed by atoms with Crippen LogP contribution in [0.15, 0.2) is 29.2 Å². The highest BCUT2D eigenvalue weighted by Gasteiger charge is 2.26. The lowest BCUT2D eigenvalue weighted by Gasteiger charge is -2.24. The number of nitrogens with one attached hydrogen (secondary N) is 2. The number of ether oxygens (including phenoxy) is 1. The van der Waals surface area contributed by atoms with Crippen molar-refractivity contribution in [2.75, 3.05) is 5.75 Å². The number of aryl methyl sites for hydroxylation is 1. The van der Waals surface area contributed by atoms with Gasteiger partial charge in [0.25, 0.3) is 0 Å². The molecule has 146 valence electrons. The third-order valence-corrected chi connectivity index (χ3v) is 5.24. The lowest BCUT2D eigenvalue weighted by molar-refractivity contribution is -0.124. The molecule has 6 nitrogen and oxygen atoms in total. The van der Waals surface area contributed by atoms with E-state index in [2.05, 4.69) is 10.6 Å². The van der Waals surface area contributed by atoms with Crippen molar-refractivity contribution in [3.05, 3.63) is 29.8 Å². The van der Waals surface area contributed by atoms with Gasteiger partial charge in [0, 0.05) is 16.7 Å². The third kappa shape index (κ3) is 7.56. The van der Waals surface area contributed by atoms with Crippen molar-refractivity contribution in [3.63, 3.8) is 0 Å². The highest BCUT2D eigenvalue weighted by Crippen LogP contribution is 2.10. The van der Waals surface area contributed by atoms with Gasteiger partial charge in [-0.15, -0.1) is 0 Å². The Kier molecular flexibility index (Phi) is 8.78. The van der Waals surface area contributed by atoms with Crippen molar-refractivity contribution in [2.24, 2.45) is 5.92 Å². The van der Waals surface area contributed by atoms with Crippen LogP contribution in [0.5, 0.6) is 0 Å². The maximum Gasteiger partial charge on any atom is 0.408 e. The molecular formula is C19H30N2O4S. The molecule has 2 amide bonds. The lowest BCUT2D eigenvalue weighted by Crippen LogP contribution is -2.52. The van der Waals surface area contributed by atoms with Gasteiger partial charge in [-0.25, -0.2) is 4.79 Å². The number of rotatable bonds is 8. The fourth-order valence-corrected chi connectivity index (χ4v) is 3.47. The minimum Gasteiger partial charge on any atom is -0.447 e. The van der Waals surface area contributed by atoms with E-state index in [1.807, 2.05) is 45.0 Å². The average Bonchev–Trinajstić information content (AvgIpc) is 2.51. The molecule has 7 heteroatoms. The van der Waals surface area contributed by atoms with Crippen LogP contribution >= 0.6 is 0 Å². The summed E-state index contributed by atoms with van der Waals surface area (Å²) in [5.41, 5.74) is 1.10. The zero-order valence-corrected chi connectivity index (χ0v) is 17.2. The molecule has 0 spiro atoms. The molecule has 0 bridgehead atoms. The predicted molar refractivity (Wildman–Crippen MR) is 103 cm³/mol. The highest BCUT2D eigenvalue weighted by atomic mass is 32.2. The van der Waals surface area contributed by atoms with E-state index >= 15 is 0 Å². The Morgan fingerprint density at radius 2 is 1.62 bits per heavy atom. The largest absolute Gasteiger partial charge is 0.447 e. The summed E-state index contributed by atoms with van der Waals surface area (Å²) >= 11 is 0. The van der Waals surface area contributed by atoms with Crippen molar-refractivity contribution in [2.45, 2.75) is 64.6 Å². The molecular weight excluding hydrogens is 352 g/mol. The number of alkyl carbamates (subject to hydrolysis) is 1. The summed E-state index contributed by atoms with van der Waals surface area (Å²) < 4.78 is 17.5. The van der Waals surface area contributed by atoms with E-state index in [9.17, 15) is 13.8 Å². The van der Waals surface area contributed by atoms with Gasteiger partial charge < -0.3 is 15.4 Å². The average molecular weight is 383 g/mol. The molecule has 0 fully saturated rings. The normalized spacial score (nSPS) is 14.6. The number of benzene rings is 1. The van der Waals surface area contributed by atoms with Gasteiger partial charge in [-0.1, -0.05) is 31.5 Å². The van der Waals surface area contributed by atoms with Crippen LogP contribution in [0.4, 0.5) is 4.79 Å². The second-order valence-corrected chi connectivity index (χ2v) is 8.55. The fraction of sp³-hybridized carbons (Fsp3) is 0.579. The van der Waals surface area contributed by atoms with E-state index < -0.39 is 22.9 Å². The van der Waals surface area contributed by atoms with Gasteiger partial charge in [-0.2, -0.15) is 0 Å². The molecule has 0 aliphatic rings. The molecule has 0 aliphatic carbocycles. The maximum atomic E-state index is 12.5. The zero-order valence-electron chi connectivity index (χ0n) is 16.4. The van der Waals surface area contributed by atoms with Crippen molar-refractivity contribution < 1.29 is 18.5 Å². The Balaban J connectivity index is 2.62. The van der Waals surface area contributed by atoms with Crippen molar-refractivity contribution in [3.8, 4) is 0 Å². The first-order chi connectivity index (χ1) is 12.1. The number of carbonyl (C=O) groups is 2. The molecule has 0 aliphatic heterocycles. The van der Waals surface area contributed by atoms with E-state index in [0.717, 1.165) is 10.5 Å². The second kappa shape index (κ2) is 10.3. The minimum absolute atomic E-state index is 0.107. The van der Waals surface area contributed by atoms with Crippen LogP contribution in [0.2, 0.25) is 0 Å². The van der Waals surface area contributed by atoms with Crippen molar-refractivity contribution in [1.29, 1.82) is 0 Å². The molecule has 26 heavy (non-hydrogen) atoms. The van der Waals surface area contributed by atoms with Crippen LogP contribution < -0.4 is 10.6 Å². The topological polar surface area (TPSA) is 84.5 Å². The Morgan fingerprint density at radius 1 is 1.04 bits per heavy atom. The van der Waals surface area contributed by atoms with E-state index in [0.29, 0.717) is 5.75 Å². The van der Waals surface area contributed by atoms with Crippen LogP contribution in [0.3, 0.4) is 0 Å². The number of carbonyl (C=O) groups excluding carboxylic acids is 2. The Labute approximate surface area is 158 Å². The fourth-order valence-electron chi connectivity index (χ4n) is 2.30. The summed E-state index contributed by atoms with van der Waals surface area (Å²) in [4.78, 5) is 25.0. The van der Waals surface area contributed by atoms with Gasteiger partial charge in [-0.3, -0.25) is 9.00 Å². The summed E-state index contributed by atoms with van der Waals surface area (Å²) in [5, 5.41) is 5.42. The SMILES string of the molecule is Cc1ccc(S(=O)CC(C)NC(=O)C(NC(=O)OC(C)C)C(C)C)cc1. The van der Waals surface area contributed by atoms with Crippen LogP contribution in [0, 0.1) is 12.8 Å². The first-order valence-corrected chi connectivity index (χ1v) is 10.1. The predicted octanol–water partition coefficient (Wildman–Crippen LogP) is 2.77. The number of amides is 2. The van der Waals surface area contributed by atoms with Gasteiger partial charge in [0.15, 0.2) is 0 Å². The molecule has 0 saturated carbocycles. The Hall–Kier alpha value is -1.89. The molecule has 0 saturated heterocycles. The smallest absolute Gasteiger partial charge is 0.408 e. The quantitative estimate of drug-likeness (QED) is 0.724.